The summed E-state index contributed by atoms with van der Waals surface area (Å²) in [4.78, 5) is 0. The predicted octanol–water partition coefficient (Wildman–Crippen LogP) is 1.83. The number of nitrogens with zero attached hydrogens (tertiary/aromatic N) is 3. The van der Waals surface area contributed by atoms with Gasteiger partial charge in [-0.2, -0.15) is 0 Å². The van der Waals surface area contributed by atoms with Crippen LogP contribution in [0, 0.1) is 6.92 Å². The molecule has 0 atom stereocenters. The Morgan fingerprint density at radius 2 is 1.76 bits per heavy atom. The first kappa shape index (κ1) is 11.4. The van der Waals surface area contributed by atoms with Gasteiger partial charge in [0.1, 0.15) is 5.82 Å². The summed E-state index contributed by atoms with van der Waals surface area (Å²) in [6, 6.07) is 5.47. The van der Waals surface area contributed by atoms with Crippen molar-refractivity contribution in [3.8, 4) is 11.4 Å². The monoisotopic (exact) mass is 231 g/mol. The van der Waals surface area contributed by atoms with Crippen molar-refractivity contribution in [3.63, 3.8) is 0 Å². The van der Waals surface area contributed by atoms with Gasteiger partial charge in [0.2, 0.25) is 0 Å². The van der Waals surface area contributed by atoms with Gasteiger partial charge in [0.15, 0.2) is 5.82 Å². The fourth-order valence-electron chi connectivity index (χ4n) is 1.89. The zero-order chi connectivity index (χ0) is 12.4. The standard InChI is InChI=1S/C12H17N5/c1-3-4-17-8(2)15-16-12(17)9-5-10(13)7-11(14)6-9/h5-7H,3-4,13-14H2,1-2H3. The van der Waals surface area contributed by atoms with Gasteiger partial charge < -0.3 is 16.0 Å². The normalized spacial score (nSPS) is 10.7. The molecule has 0 spiro atoms. The van der Waals surface area contributed by atoms with Crippen molar-refractivity contribution in [2.24, 2.45) is 0 Å². The number of aromatic nitrogens is 3. The first-order valence-corrected chi connectivity index (χ1v) is 5.68. The maximum Gasteiger partial charge on any atom is 0.164 e. The number of rotatable bonds is 3. The van der Waals surface area contributed by atoms with Gasteiger partial charge in [-0.25, -0.2) is 0 Å². The third kappa shape index (κ3) is 2.22. The number of anilines is 2. The number of hydrogen-bond acceptors (Lipinski definition) is 4. The van der Waals surface area contributed by atoms with Gasteiger partial charge in [-0.15, -0.1) is 10.2 Å². The zero-order valence-electron chi connectivity index (χ0n) is 10.1. The number of benzene rings is 1. The van der Waals surface area contributed by atoms with E-state index in [0.717, 1.165) is 30.2 Å². The molecular weight excluding hydrogens is 214 g/mol. The summed E-state index contributed by atoms with van der Waals surface area (Å²) in [5.74, 6) is 1.73. The highest BCUT2D eigenvalue weighted by molar-refractivity contribution is 5.68. The lowest BCUT2D eigenvalue weighted by Gasteiger charge is -2.08. The summed E-state index contributed by atoms with van der Waals surface area (Å²) in [5.41, 5.74) is 13.8. The van der Waals surface area contributed by atoms with Gasteiger partial charge in [0, 0.05) is 23.5 Å². The molecule has 0 unspecified atom stereocenters. The van der Waals surface area contributed by atoms with Crippen molar-refractivity contribution in [3.05, 3.63) is 24.0 Å². The van der Waals surface area contributed by atoms with Crippen LogP contribution >= 0.6 is 0 Å². The smallest absolute Gasteiger partial charge is 0.164 e. The first-order chi connectivity index (χ1) is 8.11. The fraction of sp³-hybridized carbons (Fsp3) is 0.333. The van der Waals surface area contributed by atoms with Gasteiger partial charge >= 0.3 is 0 Å². The minimum atomic E-state index is 0.642. The first-order valence-electron chi connectivity index (χ1n) is 5.68. The molecule has 17 heavy (non-hydrogen) atoms. The van der Waals surface area contributed by atoms with Crippen LogP contribution in [-0.4, -0.2) is 14.8 Å². The molecule has 5 nitrogen and oxygen atoms in total. The summed E-state index contributed by atoms with van der Waals surface area (Å²) in [6.07, 6.45) is 1.03. The molecule has 0 aliphatic heterocycles. The number of aryl methyl sites for hydroxylation is 1. The second kappa shape index (κ2) is 4.45. The molecule has 0 aliphatic carbocycles. The molecular formula is C12H17N5. The quantitative estimate of drug-likeness (QED) is 0.789. The van der Waals surface area contributed by atoms with Gasteiger partial charge in [0.25, 0.3) is 0 Å². The van der Waals surface area contributed by atoms with Gasteiger partial charge in [-0.1, -0.05) is 6.92 Å². The van der Waals surface area contributed by atoms with Crippen LogP contribution in [0.3, 0.4) is 0 Å². The molecule has 0 saturated heterocycles. The minimum absolute atomic E-state index is 0.642. The zero-order valence-corrected chi connectivity index (χ0v) is 10.1. The SMILES string of the molecule is CCCn1c(C)nnc1-c1cc(N)cc(N)c1. The lowest BCUT2D eigenvalue weighted by molar-refractivity contribution is 0.663. The average molecular weight is 231 g/mol. The summed E-state index contributed by atoms with van der Waals surface area (Å²) < 4.78 is 2.08. The van der Waals surface area contributed by atoms with Crippen LogP contribution in [0.5, 0.6) is 0 Å². The van der Waals surface area contributed by atoms with Crippen molar-refractivity contribution in [2.45, 2.75) is 26.8 Å². The third-order valence-electron chi connectivity index (χ3n) is 2.62. The van der Waals surface area contributed by atoms with E-state index >= 15 is 0 Å². The van der Waals surface area contributed by atoms with E-state index in [0.29, 0.717) is 11.4 Å². The molecule has 0 saturated carbocycles. The number of hydrogen-bond donors (Lipinski definition) is 2. The second-order valence-corrected chi connectivity index (χ2v) is 4.11. The van der Waals surface area contributed by atoms with Gasteiger partial charge in [0.05, 0.1) is 0 Å². The van der Waals surface area contributed by atoms with Crippen LogP contribution in [-0.2, 0) is 6.54 Å². The topological polar surface area (TPSA) is 82.8 Å². The van der Waals surface area contributed by atoms with Crippen LogP contribution in [0.4, 0.5) is 11.4 Å². The van der Waals surface area contributed by atoms with E-state index in [-0.39, 0.29) is 0 Å². The summed E-state index contributed by atoms with van der Waals surface area (Å²) >= 11 is 0. The summed E-state index contributed by atoms with van der Waals surface area (Å²) in [5, 5.41) is 8.29. The molecule has 4 N–H and O–H groups in total. The third-order valence-corrected chi connectivity index (χ3v) is 2.62. The molecule has 1 aromatic carbocycles. The molecule has 1 aromatic heterocycles. The van der Waals surface area contributed by atoms with E-state index in [1.807, 2.05) is 19.1 Å². The molecule has 1 heterocycles. The van der Waals surface area contributed by atoms with Crippen molar-refractivity contribution in [1.29, 1.82) is 0 Å². The molecule has 5 heteroatoms. The van der Waals surface area contributed by atoms with E-state index < -0.39 is 0 Å². The molecule has 90 valence electrons. The Kier molecular flexibility index (Phi) is 2.99. The largest absolute Gasteiger partial charge is 0.399 e. The molecule has 0 bridgehead atoms. The molecule has 2 aromatic rings. The number of nitrogens with two attached hydrogens (primary N) is 2. The van der Waals surface area contributed by atoms with Crippen LogP contribution in [0.1, 0.15) is 19.2 Å². The van der Waals surface area contributed by atoms with Crippen molar-refractivity contribution in [2.75, 3.05) is 11.5 Å². The van der Waals surface area contributed by atoms with Crippen LogP contribution in [0.2, 0.25) is 0 Å². The Balaban J connectivity index is 2.52. The summed E-state index contributed by atoms with van der Waals surface area (Å²) in [7, 11) is 0. The van der Waals surface area contributed by atoms with Crippen LogP contribution < -0.4 is 11.5 Å². The lowest BCUT2D eigenvalue weighted by Crippen LogP contribution is -2.03. The maximum atomic E-state index is 5.79. The van der Waals surface area contributed by atoms with Gasteiger partial charge in [-0.3, -0.25) is 0 Å². The highest BCUT2D eigenvalue weighted by atomic mass is 15.3. The Morgan fingerprint density at radius 1 is 1.12 bits per heavy atom. The predicted molar refractivity (Wildman–Crippen MR) is 69.3 cm³/mol. The molecule has 0 radical (unpaired) electrons. The van der Waals surface area contributed by atoms with E-state index in [9.17, 15) is 0 Å². The van der Waals surface area contributed by atoms with Gasteiger partial charge in [-0.05, 0) is 31.5 Å². The molecule has 0 aliphatic rings. The van der Waals surface area contributed by atoms with Crippen molar-refractivity contribution >= 4 is 11.4 Å². The van der Waals surface area contributed by atoms with E-state index in [4.69, 9.17) is 11.5 Å². The molecule has 0 amide bonds. The second-order valence-electron chi connectivity index (χ2n) is 4.11. The Hall–Kier alpha value is -2.04. The highest BCUT2D eigenvalue weighted by Crippen LogP contribution is 2.24. The highest BCUT2D eigenvalue weighted by Gasteiger charge is 2.11. The minimum Gasteiger partial charge on any atom is -0.399 e. The lowest BCUT2D eigenvalue weighted by atomic mass is 10.1. The van der Waals surface area contributed by atoms with Crippen LogP contribution in [0.15, 0.2) is 18.2 Å². The van der Waals surface area contributed by atoms with Crippen molar-refractivity contribution < 1.29 is 0 Å². The average Bonchev–Trinajstić information content (AvgIpc) is 2.60. The van der Waals surface area contributed by atoms with E-state index in [1.165, 1.54) is 0 Å². The Morgan fingerprint density at radius 3 is 2.35 bits per heavy atom. The maximum absolute atomic E-state index is 5.79. The number of nitrogen functional groups attached to an aromatic ring is 2. The Bertz CT molecular complexity index is 509. The summed E-state index contributed by atoms with van der Waals surface area (Å²) in [6.45, 7) is 4.96. The van der Waals surface area contributed by atoms with Crippen LogP contribution in [0.25, 0.3) is 11.4 Å². The van der Waals surface area contributed by atoms with E-state index in [2.05, 4.69) is 21.7 Å². The molecule has 2 rings (SSSR count). The fourth-order valence-corrected chi connectivity index (χ4v) is 1.89. The van der Waals surface area contributed by atoms with E-state index in [1.54, 1.807) is 6.07 Å². The van der Waals surface area contributed by atoms with Crippen molar-refractivity contribution in [1.82, 2.24) is 14.8 Å². The Labute approximate surface area is 100 Å². The molecule has 0 fully saturated rings.